The van der Waals surface area contributed by atoms with Crippen LogP contribution >= 0.6 is 0 Å². The molecule has 0 saturated carbocycles. The molecule has 0 fully saturated rings. The van der Waals surface area contributed by atoms with Crippen LogP contribution < -0.4 is 0 Å². The van der Waals surface area contributed by atoms with Gasteiger partial charge in [0.05, 0.1) is 6.04 Å². The van der Waals surface area contributed by atoms with Gasteiger partial charge in [-0.15, -0.1) is 6.58 Å². The summed E-state index contributed by atoms with van der Waals surface area (Å²) in [5.74, 6) is 0.292. The smallest absolute Gasteiger partial charge is 0.0991 e. The third-order valence-electron chi connectivity index (χ3n) is 3.45. The predicted octanol–water partition coefficient (Wildman–Crippen LogP) is 3.82. The number of hydrogen-bond acceptors (Lipinski definition) is 2. The molecule has 2 heteroatoms. The van der Waals surface area contributed by atoms with Crippen LogP contribution in [0.25, 0.3) is 0 Å². The van der Waals surface area contributed by atoms with Gasteiger partial charge in [0.2, 0.25) is 0 Å². The summed E-state index contributed by atoms with van der Waals surface area (Å²) in [7, 11) is 0. The van der Waals surface area contributed by atoms with Gasteiger partial charge in [-0.05, 0) is 36.8 Å². The highest BCUT2D eigenvalue weighted by Gasteiger charge is 2.29. The molecule has 84 valence electrons. The van der Waals surface area contributed by atoms with Crippen LogP contribution in [0, 0.1) is 4.91 Å². The van der Waals surface area contributed by atoms with Crippen molar-refractivity contribution < 1.29 is 0 Å². The number of hydrogen-bond donors (Lipinski definition) is 0. The molecular weight excluding hydrogens is 198 g/mol. The lowest BCUT2D eigenvalue weighted by atomic mass is 9.77. The first-order valence-corrected chi connectivity index (χ1v) is 5.88. The Morgan fingerprint density at radius 3 is 3.00 bits per heavy atom. The average Bonchev–Trinajstić information content (AvgIpc) is 2.35. The molecular formula is C14H17NO. The van der Waals surface area contributed by atoms with Gasteiger partial charge in [0.15, 0.2) is 0 Å². The maximum Gasteiger partial charge on any atom is 0.0991 e. The van der Waals surface area contributed by atoms with E-state index in [9.17, 15) is 4.91 Å². The standard InChI is InChI=1S/C14H17NO/c1-2-3-7-13-12-8-5-4-6-11(12)9-10-14(13)15-16/h2,4-6,8,13-14H,1,3,7,9-10H2. The van der Waals surface area contributed by atoms with Gasteiger partial charge in [-0.25, -0.2) is 0 Å². The van der Waals surface area contributed by atoms with Crippen LogP contribution in [0.4, 0.5) is 0 Å². The van der Waals surface area contributed by atoms with E-state index in [0.717, 1.165) is 25.7 Å². The van der Waals surface area contributed by atoms with Gasteiger partial charge in [0, 0.05) is 5.92 Å². The van der Waals surface area contributed by atoms with E-state index in [1.165, 1.54) is 11.1 Å². The summed E-state index contributed by atoms with van der Waals surface area (Å²) in [5, 5.41) is 3.30. The first kappa shape index (κ1) is 11.1. The molecule has 1 aliphatic carbocycles. The van der Waals surface area contributed by atoms with Gasteiger partial charge in [-0.1, -0.05) is 35.5 Å². The van der Waals surface area contributed by atoms with Crippen LogP contribution in [0.5, 0.6) is 0 Å². The van der Waals surface area contributed by atoms with E-state index in [0.29, 0.717) is 5.92 Å². The Kier molecular flexibility index (Phi) is 3.50. The average molecular weight is 215 g/mol. The van der Waals surface area contributed by atoms with E-state index in [-0.39, 0.29) is 6.04 Å². The van der Waals surface area contributed by atoms with Crippen molar-refractivity contribution in [1.82, 2.24) is 0 Å². The molecule has 1 aromatic rings. The van der Waals surface area contributed by atoms with Crippen molar-refractivity contribution in [2.24, 2.45) is 5.18 Å². The molecule has 2 nitrogen and oxygen atoms in total. The van der Waals surface area contributed by atoms with Crippen LogP contribution in [0.3, 0.4) is 0 Å². The van der Waals surface area contributed by atoms with E-state index in [1.807, 2.05) is 12.1 Å². The Bertz CT molecular complexity index is 386. The summed E-state index contributed by atoms with van der Waals surface area (Å²) in [6.45, 7) is 3.74. The second-order valence-electron chi connectivity index (χ2n) is 4.38. The summed E-state index contributed by atoms with van der Waals surface area (Å²) in [6, 6.07) is 8.37. The Hall–Kier alpha value is -1.44. The zero-order chi connectivity index (χ0) is 11.4. The fourth-order valence-corrected chi connectivity index (χ4v) is 2.61. The second kappa shape index (κ2) is 5.06. The monoisotopic (exact) mass is 215 g/mol. The molecule has 0 spiro atoms. The minimum atomic E-state index is -0.0464. The predicted molar refractivity (Wildman–Crippen MR) is 66.5 cm³/mol. The number of nitroso groups, excluding NO2 is 1. The lowest BCUT2D eigenvalue weighted by Gasteiger charge is -2.29. The largest absolute Gasteiger partial charge is 0.150 e. The maximum absolute atomic E-state index is 10.9. The van der Waals surface area contributed by atoms with E-state index in [2.05, 4.69) is 30.0 Å². The van der Waals surface area contributed by atoms with Crippen LogP contribution in [0.1, 0.15) is 36.3 Å². The number of aryl methyl sites for hydroxylation is 1. The molecule has 2 unspecified atom stereocenters. The summed E-state index contributed by atoms with van der Waals surface area (Å²) in [6.07, 6.45) is 5.72. The Balaban J connectivity index is 2.28. The number of fused-ring (bicyclic) bond motifs is 1. The summed E-state index contributed by atoms with van der Waals surface area (Å²) in [4.78, 5) is 10.9. The molecule has 0 saturated heterocycles. The Morgan fingerprint density at radius 1 is 1.44 bits per heavy atom. The van der Waals surface area contributed by atoms with Crippen molar-refractivity contribution in [2.75, 3.05) is 0 Å². The van der Waals surface area contributed by atoms with Crippen LogP contribution in [0.15, 0.2) is 42.1 Å². The Labute approximate surface area is 96.4 Å². The fourth-order valence-electron chi connectivity index (χ4n) is 2.61. The lowest BCUT2D eigenvalue weighted by Crippen LogP contribution is -2.23. The van der Waals surface area contributed by atoms with E-state index >= 15 is 0 Å². The van der Waals surface area contributed by atoms with Crippen molar-refractivity contribution in [3.8, 4) is 0 Å². The van der Waals surface area contributed by atoms with Crippen molar-refractivity contribution in [2.45, 2.75) is 37.6 Å². The highest BCUT2D eigenvalue weighted by Crippen LogP contribution is 2.36. The van der Waals surface area contributed by atoms with Gasteiger partial charge >= 0.3 is 0 Å². The summed E-state index contributed by atoms with van der Waals surface area (Å²) >= 11 is 0. The summed E-state index contributed by atoms with van der Waals surface area (Å²) < 4.78 is 0. The molecule has 0 aromatic heterocycles. The van der Waals surface area contributed by atoms with Crippen molar-refractivity contribution in [3.63, 3.8) is 0 Å². The fraction of sp³-hybridized carbons (Fsp3) is 0.429. The molecule has 2 rings (SSSR count). The van der Waals surface area contributed by atoms with Gasteiger partial charge in [-0.2, -0.15) is 4.91 Å². The maximum atomic E-state index is 10.9. The van der Waals surface area contributed by atoms with Crippen LogP contribution in [-0.4, -0.2) is 6.04 Å². The molecule has 1 aromatic carbocycles. The lowest BCUT2D eigenvalue weighted by molar-refractivity contribution is 0.449. The van der Waals surface area contributed by atoms with E-state index < -0.39 is 0 Å². The zero-order valence-electron chi connectivity index (χ0n) is 9.43. The number of nitrogens with zero attached hydrogens (tertiary/aromatic N) is 1. The first-order valence-electron chi connectivity index (χ1n) is 5.88. The zero-order valence-corrected chi connectivity index (χ0v) is 9.43. The third-order valence-corrected chi connectivity index (χ3v) is 3.45. The molecule has 0 radical (unpaired) electrons. The van der Waals surface area contributed by atoms with Crippen LogP contribution in [0.2, 0.25) is 0 Å². The molecule has 0 amide bonds. The second-order valence-corrected chi connectivity index (χ2v) is 4.38. The minimum absolute atomic E-state index is 0.0464. The molecule has 16 heavy (non-hydrogen) atoms. The van der Waals surface area contributed by atoms with Crippen molar-refractivity contribution in [1.29, 1.82) is 0 Å². The number of allylic oxidation sites excluding steroid dienone is 1. The van der Waals surface area contributed by atoms with Gasteiger partial charge in [0.1, 0.15) is 0 Å². The molecule has 0 heterocycles. The number of benzene rings is 1. The van der Waals surface area contributed by atoms with Gasteiger partial charge in [0.25, 0.3) is 0 Å². The SMILES string of the molecule is C=CCCC1c2ccccc2CCC1N=O. The highest BCUT2D eigenvalue weighted by atomic mass is 16.3. The van der Waals surface area contributed by atoms with Gasteiger partial charge < -0.3 is 0 Å². The first-order chi connectivity index (χ1) is 7.86. The van der Waals surface area contributed by atoms with Crippen LogP contribution in [-0.2, 0) is 6.42 Å². The van der Waals surface area contributed by atoms with Gasteiger partial charge in [-0.3, -0.25) is 0 Å². The van der Waals surface area contributed by atoms with E-state index in [1.54, 1.807) is 0 Å². The molecule has 2 atom stereocenters. The summed E-state index contributed by atoms with van der Waals surface area (Å²) in [5.41, 5.74) is 2.71. The van der Waals surface area contributed by atoms with Crippen molar-refractivity contribution in [3.05, 3.63) is 53.0 Å². The quantitative estimate of drug-likeness (QED) is 0.554. The van der Waals surface area contributed by atoms with Crippen molar-refractivity contribution >= 4 is 0 Å². The highest BCUT2D eigenvalue weighted by molar-refractivity contribution is 5.34. The number of rotatable bonds is 4. The molecule has 0 bridgehead atoms. The molecule has 1 aliphatic rings. The van der Waals surface area contributed by atoms with E-state index in [4.69, 9.17) is 0 Å². The molecule has 0 aliphatic heterocycles. The topological polar surface area (TPSA) is 29.4 Å². The molecule has 0 N–H and O–H groups in total. The minimum Gasteiger partial charge on any atom is -0.150 e. The normalized spacial score (nSPS) is 23.5. The third kappa shape index (κ3) is 2.06. The Morgan fingerprint density at radius 2 is 2.25 bits per heavy atom.